The van der Waals surface area contributed by atoms with E-state index in [0.717, 1.165) is 11.3 Å². The summed E-state index contributed by atoms with van der Waals surface area (Å²) in [5, 5.41) is 0.292. The minimum atomic E-state index is -1.29. The van der Waals surface area contributed by atoms with Crippen LogP contribution in [0.15, 0.2) is 29.3 Å². The Morgan fingerprint density at radius 3 is 2.56 bits per heavy atom. The highest BCUT2D eigenvalue weighted by Crippen LogP contribution is 2.14. The van der Waals surface area contributed by atoms with Gasteiger partial charge in [0, 0.05) is 11.5 Å². The summed E-state index contributed by atoms with van der Waals surface area (Å²) in [4.78, 5) is 4.07. The third kappa shape index (κ3) is 4.31. The Balaban J connectivity index is 2.56. The van der Waals surface area contributed by atoms with Gasteiger partial charge < -0.3 is 4.74 Å². The maximum Gasteiger partial charge on any atom is 0.137 e. The fraction of sp³-hybridized carbons (Fsp3) is 0.417. The standard InChI is InChI=1S/C12H15BrFNO/c1-12(14,8-13)9-15-7-10-3-5-11(16-2)6-4-10/h3-7H,8-9H2,1-2H3. The Hall–Kier alpha value is -0.900. The molecule has 1 unspecified atom stereocenters. The topological polar surface area (TPSA) is 21.6 Å². The van der Waals surface area contributed by atoms with Crippen molar-refractivity contribution in [2.45, 2.75) is 12.6 Å². The lowest BCUT2D eigenvalue weighted by molar-refractivity contribution is 0.237. The summed E-state index contributed by atoms with van der Waals surface area (Å²) in [6.45, 7) is 1.68. The van der Waals surface area contributed by atoms with Crippen molar-refractivity contribution in [1.29, 1.82) is 0 Å². The zero-order valence-electron chi connectivity index (χ0n) is 9.41. The molecule has 0 heterocycles. The van der Waals surface area contributed by atoms with Crippen LogP contribution in [0.25, 0.3) is 0 Å². The van der Waals surface area contributed by atoms with Gasteiger partial charge in [-0.05, 0) is 36.8 Å². The molecule has 0 aliphatic carbocycles. The normalized spacial score (nSPS) is 15.0. The highest BCUT2D eigenvalue weighted by molar-refractivity contribution is 9.09. The van der Waals surface area contributed by atoms with Crippen molar-refractivity contribution in [3.63, 3.8) is 0 Å². The number of hydrogen-bond donors (Lipinski definition) is 0. The number of hydrogen-bond acceptors (Lipinski definition) is 2. The minimum Gasteiger partial charge on any atom is -0.497 e. The number of ether oxygens (including phenoxy) is 1. The Labute approximate surface area is 104 Å². The van der Waals surface area contributed by atoms with E-state index in [1.165, 1.54) is 6.92 Å². The van der Waals surface area contributed by atoms with Crippen LogP contribution < -0.4 is 4.74 Å². The second kappa shape index (κ2) is 5.99. The minimum absolute atomic E-state index is 0.157. The van der Waals surface area contributed by atoms with Gasteiger partial charge in [-0.3, -0.25) is 4.99 Å². The van der Waals surface area contributed by atoms with Crippen LogP contribution in [0.5, 0.6) is 5.75 Å². The lowest BCUT2D eigenvalue weighted by atomic mass is 10.2. The van der Waals surface area contributed by atoms with E-state index in [0.29, 0.717) is 5.33 Å². The molecule has 0 aromatic heterocycles. The van der Waals surface area contributed by atoms with Gasteiger partial charge in [-0.2, -0.15) is 0 Å². The first-order valence-electron chi connectivity index (χ1n) is 4.96. The second-order valence-corrected chi connectivity index (χ2v) is 4.35. The zero-order chi connectivity index (χ0) is 12.0. The predicted octanol–water partition coefficient (Wildman–Crippen LogP) is 3.24. The van der Waals surface area contributed by atoms with E-state index < -0.39 is 5.67 Å². The van der Waals surface area contributed by atoms with Gasteiger partial charge in [0.15, 0.2) is 0 Å². The van der Waals surface area contributed by atoms with Gasteiger partial charge in [0.2, 0.25) is 0 Å². The summed E-state index contributed by atoms with van der Waals surface area (Å²) in [5.41, 5.74) is -0.352. The molecule has 0 radical (unpaired) electrons. The van der Waals surface area contributed by atoms with Crippen molar-refractivity contribution in [3.05, 3.63) is 29.8 Å². The van der Waals surface area contributed by atoms with Crippen LogP contribution in [-0.2, 0) is 0 Å². The summed E-state index contributed by atoms with van der Waals surface area (Å²) in [5.74, 6) is 0.799. The zero-order valence-corrected chi connectivity index (χ0v) is 11.0. The van der Waals surface area contributed by atoms with Gasteiger partial charge in [-0.1, -0.05) is 15.9 Å². The number of methoxy groups -OCH3 is 1. The van der Waals surface area contributed by atoms with Crippen molar-refractivity contribution < 1.29 is 9.13 Å². The molecule has 2 nitrogen and oxygen atoms in total. The first-order chi connectivity index (χ1) is 7.57. The molecule has 0 spiro atoms. The highest BCUT2D eigenvalue weighted by Gasteiger charge is 2.19. The molecule has 0 amide bonds. The maximum atomic E-state index is 13.5. The van der Waals surface area contributed by atoms with E-state index >= 15 is 0 Å². The third-order valence-electron chi connectivity index (χ3n) is 2.06. The smallest absolute Gasteiger partial charge is 0.137 e. The molecule has 1 aromatic carbocycles. The Morgan fingerprint density at radius 1 is 1.44 bits per heavy atom. The Kier molecular flexibility index (Phi) is 4.93. The summed E-state index contributed by atoms with van der Waals surface area (Å²) in [6, 6.07) is 7.46. The number of halogens is 2. The van der Waals surface area contributed by atoms with Gasteiger partial charge in [-0.25, -0.2) is 4.39 Å². The van der Waals surface area contributed by atoms with Crippen molar-refractivity contribution in [3.8, 4) is 5.75 Å². The maximum absolute atomic E-state index is 13.5. The molecule has 0 aliphatic rings. The first kappa shape index (κ1) is 13.2. The Morgan fingerprint density at radius 2 is 2.06 bits per heavy atom. The number of rotatable bonds is 5. The highest BCUT2D eigenvalue weighted by atomic mass is 79.9. The molecular formula is C12H15BrFNO. The number of alkyl halides is 2. The van der Waals surface area contributed by atoms with E-state index in [4.69, 9.17) is 4.74 Å². The van der Waals surface area contributed by atoms with Gasteiger partial charge in [-0.15, -0.1) is 0 Å². The van der Waals surface area contributed by atoms with Crippen molar-refractivity contribution >= 4 is 22.1 Å². The van der Waals surface area contributed by atoms with E-state index in [1.807, 2.05) is 24.3 Å². The van der Waals surface area contributed by atoms with E-state index in [9.17, 15) is 4.39 Å². The average molecular weight is 288 g/mol. The van der Waals surface area contributed by atoms with Crippen molar-refractivity contribution in [2.24, 2.45) is 4.99 Å². The molecule has 0 bridgehead atoms. The summed E-state index contributed by atoms with van der Waals surface area (Å²) >= 11 is 3.11. The van der Waals surface area contributed by atoms with Crippen molar-refractivity contribution in [1.82, 2.24) is 0 Å². The van der Waals surface area contributed by atoms with Crippen LogP contribution in [0, 0.1) is 0 Å². The van der Waals surface area contributed by atoms with Gasteiger partial charge in [0.05, 0.1) is 13.7 Å². The molecular weight excluding hydrogens is 273 g/mol. The summed E-state index contributed by atoms with van der Waals surface area (Å²) < 4.78 is 18.5. The van der Waals surface area contributed by atoms with E-state index in [-0.39, 0.29) is 6.54 Å². The van der Waals surface area contributed by atoms with Crippen LogP contribution in [0.3, 0.4) is 0 Å². The molecule has 0 fully saturated rings. The molecule has 1 atom stereocenters. The molecule has 0 N–H and O–H groups in total. The molecule has 16 heavy (non-hydrogen) atoms. The Bertz CT molecular complexity index is 349. The monoisotopic (exact) mass is 287 g/mol. The molecule has 4 heteroatoms. The SMILES string of the molecule is COc1ccc(C=NCC(C)(F)CBr)cc1. The molecule has 1 aromatic rings. The van der Waals surface area contributed by atoms with Gasteiger partial charge in [0.25, 0.3) is 0 Å². The summed E-state index contributed by atoms with van der Waals surface area (Å²) in [7, 11) is 1.62. The first-order valence-corrected chi connectivity index (χ1v) is 6.08. The quantitative estimate of drug-likeness (QED) is 0.602. The fourth-order valence-electron chi connectivity index (χ4n) is 1.07. The van der Waals surface area contributed by atoms with E-state index in [1.54, 1.807) is 13.3 Å². The lowest BCUT2D eigenvalue weighted by Crippen LogP contribution is -2.23. The molecule has 1 rings (SSSR count). The third-order valence-corrected chi connectivity index (χ3v) is 3.22. The number of nitrogens with zero attached hydrogens (tertiary/aromatic N) is 1. The second-order valence-electron chi connectivity index (χ2n) is 3.79. The molecule has 0 saturated heterocycles. The lowest BCUT2D eigenvalue weighted by Gasteiger charge is -2.13. The predicted molar refractivity (Wildman–Crippen MR) is 68.8 cm³/mol. The summed E-state index contributed by atoms with van der Waals surface area (Å²) in [6.07, 6.45) is 1.67. The van der Waals surface area contributed by atoms with Crippen LogP contribution in [-0.4, -0.2) is 30.9 Å². The van der Waals surface area contributed by atoms with Crippen LogP contribution in [0.1, 0.15) is 12.5 Å². The van der Waals surface area contributed by atoms with Crippen LogP contribution in [0.2, 0.25) is 0 Å². The fourth-order valence-corrected chi connectivity index (χ4v) is 1.25. The molecule has 88 valence electrons. The number of aliphatic imine (C=N–C) groups is 1. The average Bonchev–Trinajstić information content (AvgIpc) is 2.30. The van der Waals surface area contributed by atoms with Crippen LogP contribution >= 0.6 is 15.9 Å². The largest absolute Gasteiger partial charge is 0.497 e. The van der Waals surface area contributed by atoms with Gasteiger partial charge in [0.1, 0.15) is 11.4 Å². The molecule has 0 saturated carbocycles. The number of benzene rings is 1. The van der Waals surface area contributed by atoms with Crippen LogP contribution in [0.4, 0.5) is 4.39 Å². The van der Waals surface area contributed by atoms with Gasteiger partial charge >= 0.3 is 0 Å². The van der Waals surface area contributed by atoms with Crippen molar-refractivity contribution in [2.75, 3.05) is 19.0 Å². The molecule has 0 aliphatic heterocycles. The van der Waals surface area contributed by atoms with E-state index in [2.05, 4.69) is 20.9 Å².